The highest BCUT2D eigenvalue weighted by Crippen LogP contribution is 2.11. The summed E-state index contributed by atoms with van der Waals surface area (Å²) in [6, 6.07) is 26.8. The van der Waals surface area contributed by atoms with E-state index >= 15 is 0 Å². The van der Waals surface area contributed by atoms with E-state index in [-0.39, 0.29) is 11.8 Å². The van der Waals surface area contributed by atoms with Crippen LogP contribution >= 0.6 is 0 Å². The number of hydrogen-bond donors (Lipinski definition) is 2. The number of nitrogens with zero attached hydrogens (tertiary/aromatic N) is 4. The van der Waals surface area contributed by atoms with Crippen LogP contribution in [0.3, 0.4) is 0 Å². The van der Waals surface area contributed by atoms with E-state index in [9.17, 15) is 9.59 Å². The van der Waals surface area contributed by atoms with E-state index < -0.39 is 0 Å². The van der Waals surface area contributed by atoms with Crippen molar-refractivity contribution in [3.05, 3.63) is 132 Å². The number of unbranched alkanes of at least 4 members (excludes halogenated alkanes) is 2. The highest BCUT2D eigenvalue weighted by Gasteiger charge is 2.10. The number of benzene rings is 2. The molecule has 0 saturated carbocycles. The molecule has 0 spiro atoms. The van der Waals surface area contributed by atoms with E-state index in [2.05, 4.69) is 31.0 Å². The van der Waals surface area contributed by atoms with Crippen molar-refractivity contribution in [2.45, 2.75) is 32.1 Å². The molecule has 0 aliphatic heterocycles. The summed E-state index contributed by atoms with van der Waals surface area (Å²) in [6.45, 7) is 0. The molecule has 2 aromatic heterocycles. The molecule has 8 heteroatoms. The number of aromatic nitrogens is 2. The zero-order valence-electron chi connectivity index (χ0n) is 21.5. The molecule has 0 radical (unpaired) electrons. The van der Waals surface area contributed by atoms with Gasteiger partial charge in [-0.15, -0.1) is 0 Å². The van der Waals surface area contributed by atoms with Crippen LogP contribution in [0.15, 0.2) is 120 Å². The van der Waals surface area contributed by atoms with Crippen molar-refractivity contribution < 1.29 is 9.59 Å². The predicted molar refractivity (Wildman–Crippen MR) is 152 cm³/mol. The zero-order valence-corrected chi connectivity index (χ0v) is 21.5. The summed E-state index contributed by atoms with van der Waals surface area (Å²) >= 11 is 0. The Balaban J connectivity index is 1.23. The van der Waals surface area contributed by atoms with Crippen molar-refractivity contribution in [2.75, 3.05) is 0 Å². The standard InChI is InChI=1S/C31H30N6O2/c38-28(34-36-30(24-10-4-1-5-11-24)26-16-20-32-21-17-26)14-8-3-9-15-29(39)35-37-31(25-12-6-2-7-13-25)27-18-22-33-23-19-27/h1-2,4-7,10-13,16-23H,3,8-9,14-15H2,(H,34,38)(H,35,39)/b36-30+,37-31+. The first-order valence-corrected chi connectivity index (χ1v) is 12.9. The minimum atomic E-state index is -0.170. The smallest absolute Gasteiger partial charge is 0.240 e. The van der Waals surface area contributed by atoms with Gasteiger partial charge in [0.25, 0.3) is 0 Å². The van der Waals surface area contributed by atoms with Crippen molar-refractivity contribution in [3.8, 4) is 0 Å². The van der Waals surface area contributed by atoms with E-state index in [1.54, 1.807) is 24.8 Å². The van der Waals surface area contributed by atoms with Gasteiger partial charge in [0.05, 0.1) is 11.4 Å². The third kappa shape index (κ3) is 8.53. The second-order valence-corrected chi connectivity index (χ2v) is 8.76. The largest absolute Gasteiger partial charge is 0.273 e. The number of rotatable bonds is 12. The molecule has 0 aliphatic rings. The molecular weight excluding hydrogens is 488 g/mol. The van der Waals surface area contributed by atoms with Crippen LogP contribution in [0.1, 0.15) is 54.4 Å². The number of carbonyl (C=O) groups excluding carboxylic acids is 2. The van der Waals surface area contributed by atoms with E-state index in [0.29, 0.717) is 37.1 Å². The summed E-state index contributed by atoms with van der Waals surface area (Å²) in [7, 11) is 0. The van der Waals surface area contributed by atoms with E-state index in [4.69, 9.17) is 0 Å². The fraction of sp³-hybridized carbons (Fsp3) is 0.161. The SMILES string of the molecule is O=C(CCCCCC(=O)N/N=C(\c1ccccc1)c1ccncc1)N/N=C(\c1ccccc1)c1ccncc1. The second kappa shape index (κ2) is 14.7. The van der Waals surface area contributed by atoms with Crippen molar-refractivity contribution >= 4 is 23.2 Å². The molecule has 4 aromatic rings. The van der Waals surface area contributed by atoms with Crippen LogP contribution in [0, 0.1) is 0 Å². The Labute approximate surface area is 227 Å². The summed E-state index contributed by atoms with van der Waals surface area (Å²) in [4.78, 5) is 33.0. The third-order valence-corrected chi connectivity index (χ3v) is 5.89. The first-order chi connectivity index (χ1) is 19.2. The molecule has 2 aromatic carbocycles. The van der Waals surface area contributed by atoms with Crippen LogP contribution < -0.4 is 10.9 Å². The van der Waals surface area contributed by atoms with Gasteiger partial charge in [-0.2, -0.15) is 10.2 Å². The molecule has 0 atom stereocenters. The molecule has 0 unspecified atom stereocenters. The van der Waals surface area contributed by atoms with Crippen molar-refractivity contribution in [1.82, 2.24) is 20.8 Å². The molecule has 8 nitrogen and oxygen atoms in total. The van der Waals surface area contributed by atoms with Crippen LogP contribution in [0.2, 0.25) is 0 Å². The average Bonchev–Trinajstić information content (AvgIpc) is 2.99. The molecule has 39 heavy (non-hydrogen) atoms. The minimum absolute atomic E-state index is 0.170. The molecule has 0 aliphatic carbocycles. The zero-order chi connectivity index (χ0) is 27.1. The maximum Gasteiger partial charge on any atom is 0.240 e. The molecule has 2 N–H and O–H groups in total. The van der Waals surface area contributed by atoms with Gasteiger partial charge in [0.15, 0.2) is 0 Å². The summed E-state index contributed by atoms with van der Waals surface area (Å²) in [5, 5.41) is 8.78. The first-order valence-electron chi connectivity index (χ1n) is 12.9. The topological polar surface area (TPSA) is 109 Å². The number of amides is 2. The normalized spacial score (nSPS) is 11.6. The van der Waals surface area contributed by atoms with Gasteiger partial charge in [0.2, 0.25) is 11.8 Å². The van der Waals surface area contributed by atoms with Crippen LogP contribution in [-0.2, 0) is 9.59 Å². The van der Waals surface area contributed by atoms with Crippen LogP contribution in [0.25, 0.3) is 0 Å². The lowest BCUT2D eigenvalue weighted by molar-refractivity contribution is -0.121. The van der Waals surface area contributed by atoms with Crippen LogP contribution in [0.5, 0.6) is 0 Å². The first kappa shape index (κ1) is 27.1. The maximum absolute atomic E-state index is 12.4. The van der Waals surface area contributed by atoms with Crippen molar-refractivity contribution in [1.29, 1.82) is 0 Å². The quantitative estimate of drug-likeness (QED) is 0.159. The molecule has 196 valence electrons. The summed E-state index contributed by atoms with van der Waals surface area (Å²) < 4.78 is 0. The summed E-state index contributed by atoms with van der Waals surface area (Å²) in [5.41, 5.74) is 10.2. The van der Waals surface area contributed by atoms with E-state index in [1.807, 2.05) is 84.9 Å². The molecule has 0 bridgehead atoms. The Bertz CT molecular complexity index is 1200. The molecule has 4 rings (SSSR count). The van der Waals surface area contributed by atoms with Gasteiger partial charge in [-0.25, -0.2) is 10.9 Å². The lowest BCUT2D eigenvalue weighted by Crippen LogP contribution is -2.21. The minimum Gasteiger partial charge on any atom is -0.273 e. The number of carbonyl (C=O) groups is 2. The van der Waals surface area contributed by atoms with Gasteiger partial charge in [0.1, 0.15) is 0 Å². The van der Waals surface area contributed by atoms with Crippen molar-refractivity contribution in [2.24, 2.45) is 10.2 Å². The van der Waals surface area contributed by atoms with Gasteiger partial charge in [0, 0.05) is 59.9 Å². The second-order valence-electron chi connectivity index (χ2n) is 8.76. The Kier molecular flexibility index (Phi) is 10.2. The van der Waals surface area contributed by atoms with E-state index in [1.165, 1.54) is 0 Å². The summed E-state index contributed by atoms with van der Waals surface area (Å²) in [6.07, 6.45) is 9.46. The number of hydrazone groups is 2. The highest BCUT2D eigenvalue weighted by atomic mass is 16.2. The Morgan fingerprint density at radius 1 is 0.513 bits per heavy atom. The number of pyridine rings is 2. The average molecular weight is 519 g/mol. The maximum atomic E-state index is 12.4. The van der Waals surface area contributed by atoms with Gasteiger partial charge in [-0.3, -0.25) is 19.6 Å². The van der Waals surface area contributed by atoms with Crippen molar-refractivity contribution in [3.63, 3.8) is 0 Å². The lowest BCUT2D eigenvalue weighted by atomic mass is 10.0. The van der Waals surface area contributed by atoms with Crippen LogP contribution in [-0.4, -0.2) is 33.2 Å². The Hall–Kier alpha value is -4.98. The van der Waals surface area contributed by atoms with Crippen LogP contribution in [0.4, 0.5) is 0 Å². The fourth-order valence-electron chi connectivity index (χ4n) is 3.90. The summed E-state index contributed by atoms with van der Waals surface area (Å²) in [5.74, 6) is -0.340. The number of hydrogen-bond acceptors (Lipinski definition) is 6. The molecular formula is C31H30N6O2. The third-order valence-electron chi connectivity index (χ3n) is 5.89. The highest BCUT2D eigenvalue weighted by molar-refractivity contribution is 6.13. The lowest BCUT2D eigenvalue weighted by Gasteiger charge is -2.08. The van der Waals surface area contributed by atoms with Gasteiger partial charge in [-0.05, 0) is 37.1 Å². The fourth-order valence-corrected chi connectivity index (χ4v) is 3.90. The molecule has 2 heterocycles. The molecule has 2 amide bonds. The van der Waals surface area contributed by atoms with E-state index in [0.717, 1.165) is 28.7 Å². The van der Waals surface area contributed by atoms with Gasteiger partial charge < -0.3 is 0 Å². The van der Waals surface area contributed by atoms with Gasteiger partial charge >= 0.3 is 0 Å². The number of nitrogens with one attached hydrogen (secondary N) is 2. The Morgan fingerprint density at radius 2 is 0.872 bits per heavy atom. The monoisotopic (exact) mass is 518 g/mol. The Morgan fingerprint density at radius 3 is 1.26 bits per heavy atom. The molecule has 0 fully saturated rings. The van der Waals surface area contributed by atoms with Gasteiger partial charge in [-0.1, -0.05) is 67.1 Å². The predicted octanol–water partition coefficient (Wildman–Crippen LogP) is 4.86. The molecule has 0 saturated heterocycles.